The highest BCUT2D eigenvalue weighted by Crippen LogP contribution is 2.34. The van der Waals surface area contributed by atoms with Gasteiger partial charge in [0.05, 0.1) is 5.56 Å². The smallest absolute Gasteiger partial charge is 0.343 e. The maximum absolute atomic E-state index is 12.6. The molecule has 0 bridgehead atoms. The first-order valence-corrected chi connectivity index (χ1v) is 9.14. The SMILES string of the molecule is O=C(c1ccc(Cl)cc1Br)N1CCN(c2nnc(C(F)(F)F)s2)CC1. The Balaban J connectivity index is 1.65. The minimum Gasteiger partial charge on any atom is -0.343 e. The third kappa shape index (κ3) is 4.06. The highest BCUT2D eigenvalue weighted by atomic mass is 79.9. The molecule has 0 aliphatic carbocycles. The van der Waals surface area contributed by atoms with Gasteiger partial charge in [-0.1, -0.05) is 22.9 Å². The van der Waals surface area contributed by atoms with E-state index in [1.54, 1.807) is 28.0 Å². The molecule has 0 radical (unpaired) electrons. The molecule has 1 aromatic heterocycles. The highest BCUT2D eigenvalue weighted by Gasteiger charge is 2.36. The van der Waals surface area contributed by atoms with Crippen molar-refractivity contribution in [3.05, 3.63) is 38.3 Å². The lowest BCUT2D eigenvalue weighted by molar-refractivity contribution is -0.138. The van der Waals surface area contributed by atoms with E-state index in [1.165, 1.54) is 0 Å². The van der Waals surface area contributed by atoms with Crippen LogP contribution in [0.3, 0.4) is 0 Å². The van der Waals surface area contributed by atoms with Gasteiger partial charge in [0, 0.05) is 35.7 Å². The van der Waals surface area contributed by atoms with Crippen LogP contribution >= 0.6 is 38.9 Å². The fourth-order valence-electron chi connectivity index (χ4n) is 2.39. The van der Waals surface area contributed by atoms with Crippen molar-refractivity contribution >= 4 is 49.9 Å². The second-order valence-electron chi connectivity index (χ2n) is 5.29. The Hall–Kier alpha value is -1.39. The summed E-state index contributed by atoms with van der Waals surface area (Å²) in [4.78, 5) is 15.9. The summed E-state index contributed by atoms with van der Waals surface area (Å²) in [7, 11) is 0. The molecule has 1 aromatic carbocycles. The van der Waals surface area contributed by atoms with Gasteiger partial charge < -0.3 is 9.80 Å². The normalized spacial score (nSPS) is 15.6. The van der Waals surface area contributed by atoms with Crippen molar-refractivity contribution < 1.29 is 18.0 Å². The third-order valence-electron chi connectivity index (χ3n) is 3.66. The van der Waals surface area contributed by atoms with E-state index >= 15 is 0 Å². The molecule has 0 spiro atoms. The van der Waals surface area contributed by atoms with Crippen LogP contribution in [0.4, 0.5) is 18.3 Å². The monoisotopic (exact) mass is 454 g/mol. The van der Waals surface area contributed by atoms with Crippen molar-refractivity contribution in [3.8, 4) is 0 Å². The zero-order chi connectivity index (χ0) is 18.2. The molecule has 1 fully saturated rings. The first-order valence-electron chi connectivity index (χ1n) is 7.15. The van der Waals surface area contributed by atoms with Crippen LogP contribution in [-0.4, -0.2) is 47.2 Å². The second-order valence-corrected chi connectivity index (χ2v) is 7.54. The summed E-state index contributed by atoms with van der Waals surface area (Å²) in [5, 5.41) is 6.56. The van der Waals surface area contributed by atoms with Gasteiger partial charge in [-0.25, -0.2) is 0 Å². The van der Waals surface area contributed by atoms with Gasteiger partial charge in [0.1, 0.15) is 0 Å². The van der Waals surface area contributed by atoms with Crippen LogP contribution in [0.2, 0.25) is 5.02 Å². The Bertz CT molecular complexity index is 793. The molecule has 25 heavy (non-hydrogen) atoms. The molecular weight excluding hydrogens is 445 g/mol. The average molecular weight is 456 g/mol. The fraction of sp³-hybridized carbons (Fsp3) is 0.357. The molecule has 3 rings (SSSR count). The van der Waals surface area contributed by atoms with Gasteiger partial charge in [0.25, 0.3) is 5.91 Å². The molecule has 0 unspecified atom stereocenters. The van der Waals surface area contributed by atoms with E-state index in [4.69, 9.17) is 11.6 Å². The number of hydrogen-bond donors (Lipinski definition) is 0. The molecule has 134 valence electrons. The van der Waals surface area contributed by atoms with E-state index in [2.05, 4.69) is 26.1 Å². The van der Waals surface area contributed by atoms with Gasteiger partial charge in [-0.3, -0.25) is 4.79 Å². The molecule has 0 atom stereocenters. The molecule has 1 aliphatic rings. The number of amides is 1. The first kappa shape index (κ1) is 18.4. The van der Waals surface area contributed by atoms with Crippen molar-refractivity contribution in [1.82, 2.24) is 15.1 Å². The Morgan fingerprint density at radius 3 is 2.44 bits per heavy atom. The van der Waals surface area contributed by atoms with Crippen LogP contribution in [0.1, 0.15) is 15.4 Å². The third-order valence-corrected chi connectivity index (χ3v) is 5.58. The average Bonchev–Trinajstić information content (AvgIpc) is 3.05. The fourth-order valence-corrected chi connectivity index (χ4v) is 4.01. The number of nitrogens with zero attached hydrogens (tertiary/aromatic N) is 4. The van der Waals surface area contributed by atoms with Crippen LogP contribution in [0.15, 0.2) is 22.7 Å². The van der Waals surface area contributed by atoms with Crippen LogP contribution < -0.4 is 4.90 Å². The maximum Gasteiger partial charge on any atom is 0.445 e. The largest absolute Gasteiger partial charge is 0.445 e. The number of alkyl halides is 3. The summed E-state index contributed by atoms with van der Waals surface area (Å²) in [5.74, 6) is -0.156. The molecule has 1 amide bonds. The lowest BCUT2D eigenvalue weighted by Crippen LogP contribution is -2.48. The van der Waals surface area contributed by atoms with Crippen molar-refractivity contribution in [2.75, 3.05) is 31.1 Å². The highest BCUT2D eigenvalue weighted by molar-refractivity contribution is 9.10. The Labute approximate surface area is 158 Å². The van der Waals surface area contributed by atoms with Gasteiger partial charge in [0.15, 0.2) is 0 Å². The molecule has 0 N–H and O–H groups in total. The topological polar surface area (TPSA) is 49.3 Å². The van der Waals surface area contributed by atoms with Gasteiger partial charge in [-0.15, -0.1) is 10.2 Å². The van der Waals surface area contributed by atoms with E-state index in [1.807, 2.05) is 0 Å². The minimum atomic E-state index is -4.49. The van der Waals surface area contributed by atoms with Crippen molar-refractivity contribution in [2.45, 2.75) is 6.18 Å². The number of piperazine rings is 1. The van der Waals surface area contributed by atoms with Crippen LogP contribution in [0.5, 0.6) is 0 Å². The Morgan fingerprint density at radius 2 is 1.88 bits per heavy atom. The van der Waals surface area contributed by atoms with Crippen molar-refractivity contribution in [3.63, 3.8) is 0 Å². The summed E-state index contributed by atoms with van der Waals surface area (Å²) >= 11 is 9.70. The van der Waals surface area contributed by atoms with Gasteiger partial charge >= 0.3 is 6.18 Å². The molecule has 11 heteroatoms. The predicted octanol–water partition coefficient (Wildman–Crippen LogP) is 3.94. The summed E-state index contributed by atoms with van der Waals surface area (Å²) in [6.45, 7) is 1.55. The lowest BCUT2D eigenvalue weighted by atomic mass is 10.2. The molecule has 5 nitrogen and oxygen atoms in total. The quantitative estimate of drug-likeness (QED) is 0.688. The number of hydrogen-bond acceptors (Lipinski definition) is 5. The standard InChI is InChI=1S/C14H11BrClF3N4OS/c15-10-7-8(16)1-2-9(10)11(24)22-3-5-23(6-4-22)13-21-20-12(25-13)14(17,18)19/h1-2,7H,3-6H2. The Morgan fingerprint density at radius 1 is 1.20 bits per heavy atom. The van der Waals surface area contributed by atoms with Gasteiger partial charge in [0.2, 0.25) is 10.1 Å². The maximum atomic E-state index is 12.6. The van der Waals surface area contributed by atoms with E-state index in [-0.39, 0.29) is 11.0 Å². The zero-order valence-corrected chi connectivity index (χ0v) is 15.7. The summed E-state index contributed by atoms with van der Waals surface area (Å²) < 4.78 is 38.4. The molecule has 2 heterocycles. The Kier molecular flexibility index (Phi) is 5.21. The lowest BCUT2D eigenvalue weighted by Gasteiger charge is -2.34. The number of anilines is 1. The molecule has 1 saturated heterocycles. The van der Waals surface area contributed by atoms with Crippen molar-refractivity contribution in [2.24, 2.45) is 0 Å². The molecule has 1 aliphatic heterocycles. The number of carbonyl (C=O) groups excluding carboxylic acids is 1. The number of halogens is 5. The van der Waals surface area contributed by atoms with E-state index in [0.717, 1.165) is 0 Å². The summed E-state index contributed by atoms with van der Waals surface area (Å²) in [6.07, 6.45) is -4.49. The van der Waals surface area contributed by atoms with Crippen LogP contribution in [-0.2, 0) is 6.18 Å². The molecular formula is C14H11BrClF3N4OS. The predicted molar refractivity (Wildman–Crippen MR) is 92.2 cm³/mol. The van der Waals surface area contributed by atoms with Crippen LogP contribution in [0, 0.1) is 0 Å². The number of carbonyl (C=O) groups is 1. The minimum absolute atomic E-state index is 0.156. The van der Waals surface area contributed by atoms with Crippen molar-refractivity contribution in [1.29, 1.82) is 0 Å². The second kappa shape index (κ2) is 7.08. The van der Waals surface area contributed by atoms with Gasteiger partial charge in [-0.2, -0.15) is 13.2 Å². The number of benzene rings is 1. The van der Waals surface area contributed by atoms with E-state index < -0.39 is 11.2 Å². The first-order chi connectivity index (χ1) is 11.8. The zero-order valence-electron chi connectivity index (χ0n) is 12.6. The number of aromatic nitrogens is 2. The van der Waals surface area contributed by atoms with E-state index in [9.17, 15) is 18.0 Å². The summed E-state index contributed by atoms with van der Waals surface area (Å²) in [5.41, 5.74) is 0.494. The summed E-state index contributed by atoms with van der Waals surface area (Å²) in [6, 6.07) is 4.92. The van der Waals surface area contributed by atoms with E-state index in [0.29, 0.717) is 52.6 Å². The number of rotatable bonds is 2. The molecule has 2 aromatic rings. The molecule has 0 saturated carbocycles. The van der Waals surface area contributed by atoms with Crippen LogP contribution in [0.25, 0.3) is 0 Å². The van der Waals surface area contributed by atoms with Gasteiger partial charge in [-0.05, 0) is 34.1 Å².